The number of rotatable bonds is 0. The van der Waals surface area contributed by atoms with E-state index in [1.807, 2.05) is 6.07 Å². The van der Waals surface area contributed by atoms with Crippen LogP contribution >= 0.6 is 0 Å². The molecule has 0 spiro atoms. The summed E-state index contributed by atoms with van der Waals surface area (Å²) in [4.78, 5) is 2.49. The third-order valence-electron chi connectivity index (χ3n) is 6.49. The molecule has 4 heteroatoms. The molecule has 0 amide bonds. The Morgan fingerprint density at radius 2 is 2.19 bits per heavy atom. The Balaban J connectivity index is 1.74. The maximum absolute atomic E-state index is 10.3. The first-order chi connectivity index (χ1) is 10.1. The van der Waals surface area contributed by atoms with Crippen LogP contribution in [0, 0.1) is 5.92 Å². The van der Waals surface area contributed by atoms with Crippen LogP contribution < -0.4 is 4.74 Å². The molecule has 2 heterocycles. The average molecular weight is 287 g/mol. The van der Waals surface area contributed by atoms with Crippen molar-refractivity contribution in [3.05, 3.63) is 17.2 Å². The van der Waals surface area contributed by atoms with Crippen LogP contribution in [0.1, 0.15) is 36.8 Å². The lowest BCUT2D eigenvalue weighted by Gasteiger charge is -2.58. The minimum absolute atomic E-state index is 0.0425. The minimum atomic E-state index is -0.205. The summed E-state index contributed by atoms with van der Waals surface area (Å²) >= 11 is 0. The zero-order valence-corrected chi connectivity index (χ0v) is 12.3. The van der Waals surface area contributed by atoms with Crippen molar-refractivity contribution < 1.29 is 14.9 Å². The van der Waals surface area contributed by atoms with Crippen LogP contribution in [0.5, 0.6) is 17.2 Å². The maximum Gasteiger partial charge on any atom is 0.211 e. The molecule has 1 aromatic rings. The van der Waals surface area contributed by atoms with Gasteiger partial charge in [0.05, 0.1) is 6.10 Å². The third kappa shape index (κ3) is 1.42. The second-order valence-electron chi connectivity index (χ2n) is 7.38. The first-order valence-corrected chi connectivity index (χ1v) is 8.05. The quantitative estimate of drug-likeness (QED) is 0.729. The van der Waals surface area contributed by atoms with Crippen LogP contribution in [0.3, 0.4) is 0 Å². The van der Waals surface area contributed by atoms with Gasteiger partial charge in [-0.1, -0.05) is 0 Å². The molecule has 5 rings (SSSR count). The molecule has 0 unspecified atom stereocenters. The van der Waals surface area contributed by atoms with Crippen LogP contribution in [0.25, 0.3) is 0 Å². The van der Waals surface area contributed by atoms with Gasteiger partial charge in [-0.05, 0) is 63.2 Å². The van der Waals surface area contributed by atoms with Gasteiger partial charge < -0.3 is 19.8 Å². The summed E-state index contributed by atoms with van der Waals surface area (Å²) in [5.41, 5.74) is 2.61. The summed E-state index contributed by atoms with van der Waals surface area (Å²) in [7, 11) is 2.23. The number of aromatic hydroxyl groups is 1. The van der Waals surface area contributed by atoms with Gasteiger partial charge in [0.1, 0.15) is 0 Å². The van der Waals surface area contributed by atoms with E-state index in [-0.39, 0.29) is 17.3 Å². The molecule has 2 fully saturated rings. The lowest BCUT2D eigenvalue weighted by Crippen LogP contribution is -2.61. The lowest BCUT2D eigenvalue weighted by atomic mass is 9.52. The Hall–Kier alpha value is -1.26. The van der Waals surface area contributed by atoms with E-state index in [9.17, 15) is 10.2 Å². The molecule has 1 aromatic carbocycles. The Morgan fingerprint density at radius 3 is 3.05 bits per heavy atom. The van der Waals surface area contributed by atoms with E-state index in [0.717, 1.165) is 44.4 Å². The lowest BCUT2D eigenvalue weighted by molar-refractivity contribution is -0.0393. The van der Waals surface area contributed by atoms with Gasteiger partial charge in [0.2, 0.25) is 5.75 Å². The van der Waals surface area contributed by atoms with Crippen LogP contribution in [-0.4, -0.2) is 40.9 Å². The van der Waals surface area contributed by atoms with Gasteiger partial charge in [-0.2, -0.15) is 0 Å². The van der Waals surface area contributed by atoms with Gasteiger partial charge in [-0.25, -0.2) is 0 Å². The molecule has 0 radical (unpaired) electrons. The maximum atomic E-state index is 10.3. The van der Waals surface area contributed by atoms with Crippen LogP contribution in [0.2, 0.25) is 0 Å². The topological polar surface area (TPSA) is 56.2 Å². The predicted octanol–water partition coefficient (Wildman–Crippen LogP) is 2.16. The number of piperidine rings is 1. The number of aliphatic hydroxyl groups is 1. The summed E-state index contributed by atoms with van der Waals surface area (Å²) < 4.78 is 5.54. The number of phenols is 1. The summed E-state index contributed by atoms with van der Waals surface area (Å²) in [6.07, 6.45) is 4.74. The normalized spacial score (nSPS) is 39.8. The number of likely N-dealkylation sites (N-methyl/N-ethyl adjacent to an activating group) is 1. The number of phenolic OH excluding ortho intramolecular Hbond substituents is 1. The van der Waals surface area contributed by atoms with E-state index < -0.39 is 0 Å². The molecular weight excluding hydrogens is 266 g/mol. The fraction of sp³-hybridized carbons (Fsp3) is 0.647. The number of nitrogens with zero attached hydrogens (tertiary/aromatic N) is 1. The molecule has 2 bridgehead atoms. The number of ether oxygens (including phenoxy) is 1. The Bertz CT molecular complexity index is 643. The monoisotopic (exact) mass is 287 g/mol. The van der Waals surface area contributed by atoms with E-state index in [0.29, 0.717) is 17.7 Å². The van der Waals surface area contributed by atoms with Crippen molar-refractivity contribution in [3.8, 4) is 17.2 Å². The summed E-state index contributed by atoms with van der Waals surface area (Å²) in [6.45, 7) is 1.08. The SMILES string of the molecule is CN1CC[C@]23C[C@@H](O)CC[C@H]2[C@H]1Cc1c3cc(O)c2c1O2. The summed E-state index contributed by atoms with van der Waals surface area (Å²) in [6, 6.07) is 2.49. The standard InChI is InChI=1S/C17H21NO3/c1-18-5-4-17-8-9(19)2-3-11(17)13(18)6-10-12(17)7-14(20)16-15(10)21-16/h7,9,11,13,19-20H,2-6,8H2,1H3/t9-,11-,13+,17-/m0/s1. The van der Waals surface area contributed by atoms with E-state index in [4.69, 9.17) is 4.74 Å². The molecule has 4 atom stereocenters. The third-order valence-corrected chi connectivity index (χ3v) is 6.49. The summed E-state index contributed by atoms with van der Waals surface area (Å²) in [5.74, 6) is 2.49. The smallest absolute Gasteiger partial charge is 0.211 e. The molecular formula is C17H21NO3. The van der Waals surface area contributed by atoms with Gasteiger partial charge in [0.25, 0.3) is 0 Å². The van der Waals surface area contributed by atoms with Crippen molar-refractivity contribution in [2.45, 2.75) is 49.7 Å². The molecule has 1 saturated carbocycles. The average Bonchev–Trinajstić information content (AvgIpc) is 3.25. The number of hydrogen-bond donors (Lipinski definition) is 2. The fourth-order valence-corrected chi connectivity index (χ4v) is 5.47. The molecule has 2 N–H and O–H groups in total. The number of fused-ring (bicyclic) bond motifs is 3. The Morgan fingerprint density at radius 1 is 1.33 bits per heavy atom. The van der Waals surface area contributed by atoms with Crippen molar-refractivity contribution in [1.82, 2.24) is 4.90 Å². The van der Waals surface area contributed by atoms with Crippen molar-refractivity contribution in [3.63, 3.8) is 0 Å². The number of aliphatic hydroxyl groups excluding tert-OH is 1. The Kier molecular flexibility index (Phi) is 2.19. The minimum Gasteiger partial charge on any atom is -0.504 e. The first kappa shape index (κ1) is 12.3. The van der Waals surface area contributed by atoms with Crippen LogP contribution in [0.15, 0.2) is 6.07 Å². The van der Waals surface area contributed by atoms with E-state index in [2.05, 4.69) is 11.9 Å². The van der Waals surface area contributed by atoms with Crippen LogP contribution in [0.4, 0.5) is 0 Å². The van der Waals surface area contributed by atoms with Crippen molar-refractivity contribution in [2.75, 3.05) is 13.6 Å². The molecule has 2 aliphatic heterocycles. The fourth-order valence-electron chi connectivity index (χ4n) is 5.47. The zero-order valence-electron chi connectivity index (χ0n) is 12.3. The molecule has 1 saturated heterocycles. The van der Waals surface area contributed by atoms with Crippen molar-refractivity contribution in [2.24, 2.45) is 5.92 Å². The van der Waals surface area contributed by atoms with E-state index in [1.165, 1.54) is 11.1 Å². The highest BCUT2D eigenvalue weighted by molar-refractivity contribution is 5.71. The first-order valence-electron chi connectivity index (χ1n) is 8.05. The zero-order chi connectivity index (χ0) is 14.4. The highest BCUT2D eigenvalue weighted by Gasteiger charge is 2.56. The van der Waals surface area contributed by atoms with E-state index >= 15 is 0 Å². The van der Waals surface area contributed by atoms with Crippen molar-refractivity contribution >= 4 is 0 Å². The Labute approximate surface area is 124 Å². The number of hydrogen-bond acceptors (Lipinski definition) is 4. The van der Waals surface area contributed by atoms with Crippen LogP contribution in [-0.2, 0) is 11.8 Å². The largest absolute Gasteiger partial charge is 0.504 e. The second-order valence-corrected chi connectivity index (χ2v) is 7.38. The highest BCUT2D eigenvalue weighted by atomic mass is 16.6. The number of benzene rings is 1. The number of likely N-dealkylation sites (tertiary alicyclic amines) is 1. The van der Waals surface area contributed by atoms with Gasteiger partial charge in [0, 0.05) is 17.0 Å². The summed E-state index contributed by atoms with van der Waals surface area (Å²) in [5, 5.41) is 20.4. The predicted molar refractivity (Wildman–Crippen MR) is 77.9 cm³/mol. The second kappa shape index (κ2) is 3.73. The highest BCUT2D eigenvalue weighted by Crippen LogP contribution is 2.64. The molecule has 4 aliphatic rings. The molecule has 21 heavy (non-hydrogen) atoms. The van der Waals surface area contributed by atoms with E-state index in [1.54, 1.807) is 0 Å². The molecule has 0 aromatic heterocycles. The molecule has 2 aliphatic carbocycles. The van der Waals surface area contributed by atoms with Gasteiger partial charge >= 0.3 is 0 Å². The van der Waals surface area contributed by atoms with Gasteiger partial charge in [-0.15, -0.1) is 0 Å². The molecule has 4 nitrogen and oxygen atoms in total. The molecule has 112 valence electrons. The van der Waals surface area contributed by atoms with Crippen molar-refractivity contribution in [1.29, 1.82) is 0 Å². The van der Waals surface area contributed by atoms with Gasteiger partial charge in [-0.3, -0.25) is 0 Å². The van der Waals surface area contributed by atoms with Gasteiger partial charge in [0.15, 0.2) is 11.5 Å².